The fourth-order valence-electron chi connectivity index (χ4n) is 2.98. The van der Waals surface area contributed by atoms with Gasteiger partial charge in [-0.25, -0.2) is 0 Å². The highest BCUT2D eigenvalue weighted by molar-refractivity contribution is 6.02. The number of carbonyl (C=O) groups excluding carboxylic acids is 1. The first-order valence-corrected chi connectivity index (χ1v) is 7.51. The van der Waals surface area contributed by atoms with Crippen molar-refractivity contribution in [3.05, 3.63) is 23.8 Å². The van der Waals surface area contributed by atoms with Gasteiger partial charge in [-0.3, -0.25) is 4.79 Å². The van der Waals surface area contributed by atoms with Gasteiger partial charge in [-0.1, -0.05) is 18.9 Å². The molecule has 1 saturated carbocycles. The molecule has 4 nitrogen and oxygen atoms in total. The summed E-state index contributed by atoms with van der Waals surface area (Å²) in [6.45, 7) is 5.17. The van der Waals surface area contributed by atoms with Crippen LogP contribution in [-0.4, -0.2) is 30.0 Å². The number of hydrogen-bond acceptors (Lipinski definition) is 3. The molecule has 110 valence electrons. The van der Waals surface area contributed by atoms with Crippen molar-refractivity contribution in [3.8, 4) is 5.75 Å². The fourth-order valence-corrected chi connectivity index (χ4v) is 2.98. The quantitative estimate of drug-likeness (QED) is 0.841. The van der Waals surface area contributed by atoms with Crippen LogP contribution in [0.15, 0.2) is 18.2 Å². The third-order valence-corrected chi connectivity index (χ3v) is 3.94. The Morgan fingerprint density at radius 3 is 2.65 bits per heavy atom. The Bertz CT molecular complexity index is 468. The average Bonchev–Trinajstić information content (AvgIpc) is 2.94. The molecule has 0 spiro atoms. The summed E-state index contributed by atoms with van der Waals surface area (Å²) in [4.78, 5) is 14.8. The number of nitrogen functional groups attached to an aromatic ring is 1. The molecule has 1 aromatic carbocycles. The van der Waals surface area contributed by atoms with E-state index in [9.17, 15) is 4.79 Å². The minimum Gasteiger partial charge on any atom is -0.493 e. The molecule has 0 radical (unpaired) electrons. The van der Waals surface area contributed by atoms with Gasteiger partial charge in [0.1, 0.15) is 11.3 Å². The second-order valence-corrected chi connectivity index (χ2v) is 5.18. The monoisotopic (exact) mass is 276 g/mol. The van der Waals surface area contributed by atoms with Crippen molar-refractivity contribution in [1.29, 1.82) is 0 Å². The first-order valence-electron chi connectivity index (χ1n) is 7.51. The van der Waals surface area contributed by atoms with Crippen LogP contribution in [0.4, 0.5) is 5.69 Å². The van der Waals surface area contributed by atoms with E-state index in [4.69, 9.17) is 10.5 Å². The van der Waals surface area contributed by atoms with E-state index in [1.54, 1.807) is 6.07 Å². The smallest absolute Gasteiger partial charge is 0.259 e. The molecule has 1 aliphatic carbocycles. The normalized spacial score (nSPS) is 15.3. The Hall–Kier alpha value is -1.71. The lowest BCUT2D eigenvalue weighted by molar-refractivity contribution is 0.0690. The fraction of sp³-hybridized carbons (Fsp3) is 0.562. The number of anilines is 1. The molecule has 0 aliphatic heterocycles. The van der Waals surface area contributed by atoms with Gasteiger partial charge >= 0.3 is 0 Å². The van der Waals surface area contributed by atoms with Crippen LogP contribution in [0, 0.1) is 0 Å². The van der Waals surface area contributed by atoms with Crippen LogP contribution in [0.1, 0.15) is 49.9 Å². The zero-order chi connectivity index (χ0) is 14.5. The standard InChI is InChI=1S/C16H24N2O2/c1-3-18(12-8-5-6-9-12)16(19)15-13(17)10-7-11-14(15)20-4-2/h7,10-12H,3-6,8-9,17H2,1-2H3. The number of rotatable bonds is 5. The number of carbonyl (C=O) groups is 1. The third-order valence-electron chi connectivity index (χ3n) is 3.94. The van der Waals surface area contributed by atoms with Crippen LogP contribution >= 0.6 is 0 Å². The number of hydrogen-bond donors (Lipinski definition) is 1. The van der Waals surface area contributed by atoms with Crippen LogP contribution in [0.3, 0.4) is 0 Å². The van der Waals surface area contributed by atoms with Crippen molar-refractivity contribution in [2.45, 2.75) is 45.6 Å². The van der Waals surface area contributed by atoms with Crippen LogP contribution in [-0.2, 0) is 0 Å². The zero-order valence-electron chi connectivity index (χ0n) is 12.4. The van der Waals surface area contributed by atoms with Crippen molar-refractivity contribution in [1.82, 2.24) is 4.90 Å². The zero-order valence-corrected chi connectivity index (χ0v) is 12.4. The summed E-state index contributed by atoms with van der Waals surface area (Å²) in [5.41, 5.74) is 7.03. The molecule has 0 heterocycles. The molecule has 4 heteroatoms. The third kappa shape index (κ3) is 2.89. The summed E-state index contributed by atoms with van der Waals surface area (Å²) in [6.07, 6.45) is 4.60. The van der Waals surface area contributed by atoms with E-state index in [1.807, 2.05) is 30.9 Å². The lowest BCUT2D eigenvalue weighted by Gasteiger charge is -2.28. The predicted octanol–water partition coefficient (Wildman–Crippen LogP) is 3.07. The van der Waals surface area contributed by atoms with E-state index < -0.39 is 0 Å². The first-order chi connectivity index (χ1) is 9.69. The van der Waals surface area contributed by atoms with Crippen molar-refractivity contribution < 1.29 is 9.53 Å². The van der Waals surface area contributed by atoms with Crippen LogP contribution in [0.25, 0.3) is 0 Å². The Balaban J connectivity index is 2.30. The van der Waals surface area contributed by atoms with Crippen molar-refractivity contribution in [2.75, 3.05) is 18.9 Å². The number of benzene rings is 1. The number of amides is 1. The highest BCUT2D eigenvalue weighted by Gasteiger charge is 2.29. The van der Waals surface area contributed by atoms with Crippen LogP contribution in [0.2, 0.25) is 0 Å². The molecular formula is C16H24N2O2. The maximum Gasteiger partial charge on any atom is 0.259 e. The topological polar surface area (TPSA) is 55.6 Å². The molecule has 0 aromatic heterocycles. The summed E-state index contributed by atoms with van der Waals surface area (Å²) < 4.78 is 5.57. The Labute approximate surface area is 120 Å². The summed E-state index contributed by atoms with van der Waals surface area (Å²) in [6, 6.07) is 5.75. The molecule has 2 N–H and O–H groups in total. The van der Waals surface area contributed by atoms with E-state index in [0.29, 0.717) is 36.2 Å². The van der Waals surface area contributed by atoms with Crippen LogP contribution < -0.4 is 10.5 Å². The predicted molar refractivity (Wildman–Crippen MR) is 81.0 cm³/mol. The van der Waals surface area contributed by atoms with Gasteiger partial charge in [0.05, 0.1) is 6.61 Å². The van der Waals surface area contributed by atoms with E-state index in [0.717, 1.165) is 12.8 Å². The summed E-state index contributed by atoms with van der Waals surface area (Å²) in [5, 5.41) is 0. The lowest BCUT2D eigenvalue weighted by atomic mass is 10.1. The molecule has 1 fully saturated rings. The van der Waals surface area contributed by atoms with E-state index in [1.165, 1.54) is 12.8 Å². The molecule has 1 aromatic rings. The summed E-state index contributed by atoms with van der Waals surface area (Å²) in [5.74, 6) is 0.592. The van der Waals surface area contributed by atoms with Crippen molar-refractivity contribution in [3.63, 3.8) is 0 Å². The molecule has 0 saturated heterocycles. The Kier molecular flexibility index (Phi) is 4.88. The Morgan fingerprint density at radius 1 is 1.35 bits per heavy atom. The number of nitrogens with two attached hydrogens (primary N) is 1. The van der Waals surface area contributed by atoms with E-state index in [2.05, 4.69) is 0 Å². The second-order valence-electron chi connectivity index (χ2n) is 5.18. The number of ether oxygens (including phenoxy) is 1. The van der Waals surface area contributed by atoms with Gasteiger partial charge in [0.15, 0.2) is 0 Å². The van der Waals surface area contributed by atoms with E-state index >= 15 is 0 Å². The second kappa shape index (κ2) is 6.64. The summed E-state index contributed by atoms with van der Waals surface area (Å²) in [7, 11) is 0. The number of nitrogens with zero attached hydrogens (tertiary/aromatic N) is 1. The van der Waals surface area contributed by atoms with Gasteiger partial charge < -0.3 is 15.4 Å². The molecule has 0 bridgehead atoms. The van der Waals surface area contributed by atoms with E-state index in [-0.39, 0.29) is 5.91 Å². The minimum atomic E-state index is 0.000880. The molecule has 2 rings (SSSR count). The summed E-state index contributed by atoms with van der Waals surface area (Å²) >= 11 is 0. The van der Waals surface area contributed by atoms with Gasteiger partial charge in [0.2, 0.25) is 0 Å². The maximum atomic E-state index is 12.8. The van der Waals surface area contributed by atoms with Crippen molar-refractivity contribution >= 4 is 11.6 Å². The van der Waals surface area contributed by atoms with Gasteiger partial charge in [0, 0.05) is 18.3 Å². The van der Waals surface area contributed by atoms with Gasteiger partial charge in [0.25, 0.3) is 5.91 Å². The minimum absolute atomic E-state index is 0.000880. The SMILES string of the molecule is CCOc1cccc(N)c1C(=O)N(CC)C1CCCC1. The molecule has 1 aliphatic rings. The van der Waals surface area contributed by atoms with Gasteiger partial charge in [-0.15, -0.1) is 0 Å². The largest absolute Gasteiger partial charge is 0.493 e. The Morgan fingerprint density at radius 2 is 2.05 bits per heavy atom. The maximum absolute atomic E-state index is 12.8. The van der Waals surface area contributed by atoms with Gasteiger partial charge in [-0.05, 0) is 38.8 Å². The highest BCUT2D eigenvalue weighted by Crippen LogP contribution is 2.30. The van der Waals surface area contributed by atoms with Gasteiger partial charge in [-0.2, -0.15) is 0 Å². The van der Waals surface area contributed by atoms with Crippen LogP contribution in [0.5, 0.6) is 5.75 Å². The lowest BCUT2D eigenvalue weighted by Crippen LogP contribution is -2.39. The van der Waals surface area contributed by atoms with Crippen molar-refractivity contribution in [2.24, 2.45) is 0 Å². The molecule has 1 amide bonds. The average molecular weight is 276 g/mol. The molecule has 0 atom stereocenters. The first kappa shape index (κ1) is 14.7. The molecular weight excluding hydrogens is 252 g/mol. The molecule has 0 unspecified atom stereocenters. The molecule has 20 heavy (non-hydrogen) atoms. The highest BCUT2D eigenvalue weighted by atomic mass is 16.5.